The van der Waals surface area contributed by atoms with Gasteiger partial charge in [-0.1, -0.05) is 0 Å². The average Bonchev–Trinajstić information content (AvgIpc) is 2.59. The molecule has 90 valence electrons. The summed E-state index contributed by atoms with van der Waals surface area (Å²) in [6, 6.07) is 5.20. The van der Waals surface area contributed by atoms with Crippen molar-refractivity contribution >= 4 is 23.4 Å². The van der Waals surface area contributed by atoms with Crippen molar-refractivity contribution in [2.45, 2.75) is 10.8 Å². The summed E-state index contributed by atoms with van der Waals surface area (Å²) in [4.78, 5) is 3.64. The Balaban J connectivity index is 2.40. The van der Waals surface area contributed by atoms with E-state index in [2.05, 4.69) is 4.98 Å². The van der Waals surface area contributed by atoms with Gasteiger partial charge >= 0.3 is 0 Å². The topological polar surface area (TPSA) is 26.0 Å². The fourth-order valence-electron chi connectivity index (χ4n) is 1.23. The van der Waals surface area contributed by atoms with E-state index in [1.54, 1.807) is 0 Å². The highest BCUT2D eigenvalue weighted by atomic mass is 35.5. The first-order valence-corrected chi connectivity index (χ1v) is 5.69. The maximum absolute atomic E-state index is 12.7. The Labute approximate surface area is 104 Å². The van der Waals surface area contributed by atoms with Crippen LogP contribution in [0.4, 0.5) is 13.2 Å². The first kappa shape index (κ1) is 12.3. The highest BCUT2D eigenvalue weighted by molar-refractivity contribution is 7.99. The first-order valence-electron chi connectivity index (χ1n) is 4.43. The molecule has 0 saturated heterocycles. The van der Waals surface area contributed by atoms with Gasteiger partial charge in [0.1, 0.15) is 10.8 Å². The Kier molecular flexibility index (Phi) is 3.63. The van der Waals surface area contributed by atoms with Crippen LogP contribution in [-0.4, -0.2) is 10.7 Å². The molecular weight excluding hydrogens is 275 g/mol. The van der Waals surface area contributed by atoms with Crippen LogP contribution in [-0.2, 0) is 0 Å². The van der Waals surface area contributed by atoms with Crippen LogP contribution in [0, 0.1) is 5.82 Å². The lowest BCUT2D eigenvalue weighted by Gasteiger charge is -1.99. The summed E-state index contributed by atoms with van der Waals surface area (Å²) in [6.45, 7) is 0. The molecule has 0 atom stereocenters. The van der Waals surface area contributed by atoms with Gasteiger partial charge in [-0.2, -0.15) is 13.8 Å². The molecule has 2 nitrogen and oxygen atoms in total. The normalized spacial score (nSPS) is 11.1. The van der Waals surface area contributed by atoms with E-state index in [4.69, 9.17) is 16.0 Å². The number of rotatable bonds is 3. The van der Waals surface area contributed by atoms with E-state index in [9.17, 15) is 13.2 Å². The van der Waals surface area contributed by atoms with Crippen LogP contribution in [0.3, 0.4) is 0 Å². The molecule has 0 aliphatic carbocycles. The quantitative estimate of drug-likeness (QED) is 0.777. The van der Waals surface area contributed by atoms with Gasteiger partial charge in [-0.15, -0.1) is 0 Å². The fraction of sp³-hybridized carbons (Fsp3) is 0.100. The van der Waals surface area contributed by atoms with Crippen molar-refractivity contribution in [2.24, 2.45) is 0 Å². The molecule has 0 spiro atoms. The van der Waals surface area contributed by atoms with Crippen LogP contribution < -0.4 is 0 Å². The monoisotopic (exact) mass is 279 g/mol. The largest absolute Gasteiger partial charge is 0.426 e. The molecule has 1 heterocycles. The predicted octanol–water partition coefficient (Wildman–Crippen LogP) is 4.45. The minimum atomic E-state index is -2.63. The van der Waals surface area contributed by atoms with Crippen molar-refractivity contribution in [3.05, 3.63) is 35.4 Å². The number of thioether (sulfide) groups is 1. The molecule has 0 fully saturated rings. The van der Waals surface area contributed by atoms with Gasteiger partial charge in [0.2, 0.25) is 0 Å². The lowest BCUT2D eigenvalue weighted by molar-refractivity contribution is 0.252. The van der Waals surface area contributed by atoms with Gasteiger partial charge in [0.15, 0.2) is 5.76 Å². The van der Waals surface area contributed by atoms with E-state index < -0.39 is 11.6 Å². The van der Waals surface area contributed by atoms with Gasteiger partial charge in [0.25, 0.3) is 11.1 Å². The molecule has 0 aliphatic rings. The third-order valence-corrected chi connectivity index (χ3v) is 2.72. The second-order valence-electron chi connectivity index (χ2n) is 2.99. The summed E-state index contributed by atoms with van der Waals surface area (Å²) in [7, 11) is 0. The number of alkyl halides is 2. The molecule has 2 aromatic rings. The van der Waals surface area contributed by atoms with Gasteiger partial charge in [0.05, 0.1) is 0 Å². The molecule has 0 unspecified atom stereocenters. The number of hydrogen-bond acceptors (Lipinski definition) is 3. The SMILES string of the molecule is Fc1ccc(-c2oc(Cl)nc2SC(F)F)cc1. The fourth-order valence-corrected chi connectivity index (χ4v) is 2.01. The molecule has 0 saturated carbocycles. The van der Waals surface area contributed by atoms with Crippen LogP contribution in [0.5, 0.6) is 0 Å². The number of benzene rings is 1. The van der Waals surface area contributed by atoms with Crippen LogP contribution in [0.1, 0.15) is 0 Å². The minimum Gasteiger partial charge on any atom is -0.426 e. The standard InChI is InChI=1S/C10H5ClF3NOS/c11-9-15-8(17-10(13)14)7(16-9)5-1-3-6(12)4-2-5/h1-4,10H. The number of halogens is 4. The Bertz CT molecular complexity index is 515. The number of oxazole rings is 1. The first-order chi connectivity index (χ1) is 8.06. The predicted molar refractivity (Wildman–Crippen MR) is 58.8 cm³/mol. The van der Waals surface area contributed by atoms with Crippen LogP contribution in [0.2, 0.25) is 5.35 Å². The molecule has 7 heteroatoms. The van der Waals surface area contributed by atoms with E-state index in [-0.39, 0.29) is 27.9 Å². The van der Waals surface area contributed by atoms with E-state index >= 15 is 0 Å². The third kappa shape index (κ3) is 2.95. The Hall–Kier alpha value is -1.14. The zero-order chi connectivity index (χ0) is 12.4. The number of hydrogen-bond donors (Lipinski definition) is 0. The highest BCUT2D eigenvalue weighted by Crippen LogP contribution is 2.36. The summed E-state index contributed by atoms with van der Waals surface area (Å²) in [5.74, 6) is -2.95. The number of nitrogens with zero attached hydrogens (tertiary/aromatic N) is 1. The molecule has 0 aliphatic heterocycles. The summed E-state index contributed by atoms with van der Waals surface area (Å²) in [5.41, 5.74) is 0.439. The molecule has 1 aromatic heterocycles. The smallest absolute Gasteiger partial charge is 0.293 e. The zero-order valence-electron chi connectivity index (χ0n) is 8.16. The second kappa shape index (κ2) is 5.01. The molecule has 2 rings (SSSR count). The van der Waals surface area contributed by atoms with Crippen LogP contribution in [0.15, 0.2) is 33.7 Å². The average molecular weight is 280 g/mol. The van der Waals surface area contributed by atoms with Gasteiger partial charge in [-0.05, 0) is 47.6 Å². The van der Waals surface area contributed by atoms with Gasteiger partial charge < -0.3 is 4.42 Å². The van der Waals surface area contributed by atoms with Crippen LogP contribution in [0.25, 0.3) is 11.3 Å². The molecule has 0 amide bonds. The maximum atomic E-state index is 12.7. The van der Waals surface area contributed by atoms with Crippen molar-refractivity contribution in [1.29, 1.82) is 0 Å². The van der Waals surface area contributed by atoms with Crippen molar-refractivity contribution in [3.8, 4) is 11.3 Å². The molecule has 17 heavy (non-hydrogen) atoms. The van der Waals surface area contributed by atoms with E-state index in [1.165, 1.54) is 24.3 Å². The highest BCUT2D eigenvalue weighted by Gasteiger charge is 2.18. The van der Waals surface area contributed by atoms with Crippen molar-refractivity contribution in [3.63, 3.8) is 0 Å². The van der Waals surface area contributed by atoms with E-state index in [0.717, 1.165) is 0 Å². The van der Waals surface area contributed by atoms with Crippen LogP contribution >= 0.6 is 23.4 Å². The summed E-state index contributed by atoms with van der Waals surface area (Å²) in [6.07, 6.45) is 0. The Morgan fingerprint density at radius 3 is 2.47 bits per heavy atom. The lowest BCUT2D eigenvalue weighted by Crippen LogP contribution is -1.85. The van der Waals surface area contributed by atoms with E-state index in [0.29, 0.717) is 5.56 Å². The Morgan fingerprint density at radius 1 is 1.24 bits per heavy atom. The van der Waals surface area contributed by atoms with Gasteiger partial charge in [0, 0.05) is 5.56 Å². The zero-order valence-corrected chi connectivity index (χ0v) is 9.73. The minimum absolute atomic E-state index is 0.0170. The lowest BCUT2D eigenvalue weighted by atomic mass is 10.2. The van der Waals surface area contributed by atoms with Gasteiger partial charge in [-0.3, -0.25) is 0 Å². The van der Waals surface area contributed by atoms with E-state index in [1.807, 2.05) is 0 Å². The molecule has 0 bridgehead atoms. The summed E-state index contributed by atoms with van der Waals surface area (Å²) in [5, 5.41) is -0.246. The summed E-state index contributed by atoms with van der Waals surface area (Å²) < 4.78 is 42.3. The third-order valence-electron chi connectivity index (χ3n) is 1.88. The molecular formula is C10H5ClF3NOS. The molecule has 1 aromatic carbocycles. The maximum Gasteiger partial charge on any atom is 0.293 e. The van der Waals surface area contributed by atoms with Crippen molar-refractivity contribution < 1.29 is 17.6 Å². The molecule has 0 N–H and O–H groups in total. The summed E-state index contributed by atoms with van der Waals surface area (Å²) >= 11 is 5.75. The van der Waals surface area contributed by atoms with Crippen molar-refractivity contribution in [1.82, 2.24) is 4.98 Å². The van der Waals surface area contributed by atoms with Gasteiger partial charge in [-0.25, -0.2) is 4.39 Å². The molecule has 0 radical (unpaired) electrons. The second-order valence-corrected chi connectivity index (χ2v) is 4.29. The van der Waals surface area contributed by atoms with Crippen molar-refractivity contribution in [2.75, 3.05) is 0 Å². The number of aromatic nitrogens is 1. The Morgan fingerprint density at radius 2 is 1.88 bits per heavy atom.